The molecule has 0 fully saturated rings. The molecule has 7 heteroatoms. The van der Waals surface area contributed by atoms with E-state index in [0.29, 0.717) is 23.1 Å². The van der Waals surface area contributed by atoms with Gasteiger partial charge in [0.05, 0.1) is 18.4 Å². The third kappa shape index (κ3) is 4.18. The predicted molar refractivity (Wildman–Crippen MR) is 105 cm³/mol. The number of fused-ring (bicyclic) bond motifs is 1. The fourth-order valence-electron chi connectivity index (χ4n) is 3.42. The summed E-state index contributed by atoms with van der Waals surface area (Å²) in [6.45, 7) is 8.83. The predicted octanol–water partition coefficient (Wildman–Crippen LogP) is 4.12. The molecule has 3 rings (SSSR count). The zero-order chi connectivity index (χ0) is 19.6. The molecule has 144 valence electrons. The number of carbonyl (C=O) groups is 2. The average molecular weight is 388 g/mol. The molecule has 1 aliphatic carbocycles. The normalized spacial score (nSPS) is 16.5. The maximum atomic E-state index is 12.6. The first-order valence-corrected chi connectivity index (χ1v) is 10.0. The second-order valence-electron chi connectivity index (χ2n) is 7.78. The molecule has 2 aromatic rings. The molecule has 1 amide bonds. The summed E-state index contributed by atoms with van der Waals surface area (Å²) in [5.74, 6) is -0.208. The second kappa shape index (κ2) is 7.76. The summed E-state index contributed by atoms with van der Waals surface area (Å²) < 4.78 is 5.26. The Bertz CT molecular complexity index is 840. The number of esters is 1. The van der Waals surface area contributed by atoms with Crippen molar-refractivity contribution in [2.45, 2.75) is 47.0 Å². The minimum Gasteiger partial charge on any atom is -0.462 e. The van der Waals surface area contributed by atoms with Gasteiger partial charge in [0.15, 0.2) is 0 Å². The number of thiophene rings is 1. The Morgan fingerprint density at radius 1 is 1.33 bits per heavy atom. The van der Waals surface area contributed by atoms with E-state index in [-0.39, 0.29) is 23.0 Å². The van der Waals surface area contributed by atoms with Crippen molar-refractivity contribution in [3.8, 4) is 0 Å². The molecular weight excluding hydrogens is 362 g/mol. The Morgan fingerprint density at radius 3 is 2.74 bits per heavy atom. The van der Waals surface area contributed by atoms with Gasteiger partial charge in [-0.25, -0.2) is 9.78 Å². The summed E-state index contributed by atoms with van der Waals surface area (Å²) >= 11 is 1.48. The first-order chi connectivity index (χ1) is 12.8. The minimum absolute atomic E-state index is 0.203. The number of rotatable bonds is 4. The highest BCUT2D eigenvalue weighted by Crippen LogP contribution is 2.44. The van der Waals surface area contributed by atoms with Crippen LogP contribution in [0.5, 0.6) is 0 Å². The van der Waals surface area contributed by atoms with Crippen LogP contribution in [0.2, 0.25) is 0 Å². The number of aromatic nitrogens is 2. The molecule has 1 aliphatic rings. The summed E-state index contributed by atoms with van der Waals surface area (Å²) in [4.78, 5) is 34.2. The van der Waals surface area contributed by atoms with Crippen LogP contribution >= 0.6 is 11.3 Å². The van der Waals surface area contributed by atoms with Gasteiger partial charge in [-0.2, -0.15) is 0 Å². The zero-order valence-electron chi connectivity index (χ0n) is 16.2. The number of ether oxygens (including phenoxy) is 1. The van der Waals surface area contributed by atoms with Crippen LogP contribution in [-0.2, 0) is 17.6 Å². The van der Waals surface area contributed by atoms with E-state index >= 15 is 0 Å². The number of hydrogen-bond donors (Lipinski definition) is 1. The van der Waals surface area contributed by atoms with Crippen LogP contribution in [0, 0.1) is 11.3 Å². The van der Waals surface area contributed by atoms with Crippen LogP contribution < -0.4 is 5.32 Å². The van der Waals surface area contributed by atoms with E-state index in [4.69, 9.17) is 4.74 Å². The van der Waals surface area contributed by atoms with Gasteiger partial charge in [0.25, 0.3) is 5.91 Å². The van der Waals surface area contributed by atoms with Gasteiger partial charge in [0, 0.05) is 17.3 Å². The van der Waals surface area contributed by atoms with Crippen molar-refractivity contribution in [1.82, 2.24) is 9.97 Å². The molecule has 0 unspecified atom stereocenters. The van der Waals surface area contributed by atoms with Crippen LogP contribution in [0.4, 0.5) is 5.00 Å². The van der Waals surface area contributed by atoms with Crippen molar-refractivity contribution in [3.63, 3.8) is 0 Å². The monoisotopic (exact) mass is 387 g/mol. The van der Waals surface area contributed by atoms with Crippen LogP contribution in [0.1, 0.15) is 65.4 Å². The van der Waals surface area contributed by atoms with Crippen molar-refractivity contribution in [1.29, 1.82) is 0 Å². The van der Waals surface area contributed by atoms with E-state index < -0.39 is 0 Å². The van der Waals surface area contributed by atoms with Crippen molar-refractivity contribution >= 4 is 28.2 Å². The summed E-state index contributed by atoms with van der Waals surface area (Å²) in [5, 5.41) is 3.40. The summed E-state index contributed by atoms with van der Waals surface area (Å²) in [6.07, 6.45) is 7.14. The van der Waals surface area contributed by atoms with E-state index in [0.717, 1.165) is 24.8 Å². The Balaban J connectivity index is 1.94. The first kappa shape index (κ1) is 19.5. The lowest BCUT2D eigenvalue weighted by atomic mass is 9.72. The highest BCUT2D eigenvalue weighted by atomic mass is 32.1. The smallest absolute Gasteiger partial charge is 0.341 e. The van der Waals surface area contributed by atoms with Crippen molar-refractivity contribution in [2.24, 2.45) is 11.3 Å². The molecule has 2 aromatic heterocycles. The molecule has 0 radical (unpaired) electrons. The highest BCUT2D eigenvalue weighted by Gasteiger charge is 2.34. The Morgan fingerprint density at radius 2 is 2.11 bits per heavy atom. The number of amides is 1. The summed E-state index contributed by atoms with van der Waals surface area (Å²) in [5.41, 5.74) is 1.94. The lowest BCUT2D eigenvalue weighted by Gasteiger charge is -2.33. The Kier molecular flexibility index (Phi) is 5.60. The van der Waals surface area contributed by atoms with Crippen LogP contribution in [-0.4, -0.2) is 28.5 Å². The van der Waals surface area contributed by atoms with Gasteiger partial charge in [-0.3, -0.25) is 9.78 Å². The quantitative estimate of drug-likeness (QED) is 0.798. The number of nitrogens with zero attached hydrogens (tertiary/aromatic N) is 2. The van der Waals surface area contributed by atoms with E-state index in [2.05, 4.69) is 36.1 Å². The molecule has 0 saturated heterocycles. The molecule has 6 nitrogen and oxygen atoms in total. The van der Waals surface area contributed by atoms with E-state index in [1.54, 1.807) is 6.92 Å². The number of nitrogens with one attached hydrogen (secondary N) is 1. The molecule has 0 aliphatic heterocycles. The molecule has 1 N–H and O–H groups in total. The maximum Gasteiger partial charge on any atom is 0.341 e. The molecule has 0 aromatic carbocycles. The molecular formula is C20H25N3O3S. The highest BCUT2D eigenvalue weighted by molar-refractivity contribution is 7.17. The van der Waals surface area contributed by atoms with Gasteiger partial charge >= 0.3 is 5.97 Å². The number of anilines is 1. The standard InChI is InChI=1S/C20H25N3O3S/c1-5-26-19(25)16-13-7-6-12(20(2,3)4)10-15(13)27-18(16)23-17(24)14-11-21-8-9-22-14/h8-9,11-12H,5-7,10H2,1-4H3,(H,23,24)/t12-/m0/s1. The third-order valence-corrected chi connectivity index (χ3v) is 6.16. The van der Waals surface area contributed by atoms with Gasteiger partial charge in [0.2, 0.25) is 0 Å². The molecule has 0 saturated carbocycles. The first-order valence-electron chi connectivity index (χ1n) is 9.20. The fraction of sp³-hybridized carbons (Fsp3) is 0.500. The van der Waals surface area contributed by atoms with Gasteiger partial charge in [-0.1, -0.05) is 20.8 Å². The molecule has 2 heterocycles. The minimum atomic E-state index is -0.376. The SMILES string of the molecule is CCOC(=O)c1c(NC(=O)c2cnccn2)sc2c1CC[C@H](C(C)(C)C)C2. The molecule has 27 heavy (non-hydrogen) atoms. The summed E-state index contributed by atoms with van der Waals surface area (Å²) in [6, 6.07) is 0. The summed E-state index contributed by atoms with van der Waals surface area (Å²) in [7, 11) is 0. The van der Waals surface area contributed by atoms with Gasteiger partial charge in [-0.05, 0) is 43.1 Å². The Hall–Kier alpha value is -2.28. The van der Waals surface area contributed by atoms with E-state index in [9.17, 15) is 9.59 Å². The molecule has 0 spiro atoms. The number of carbonyl (C=O) groups excluding carboxylic acids is 2. The molecule has 0 bridgehead atoms. The van der Waals surface area contributed by atoms with E-state index in [1.165, 1.54) is 34.8 Å². The fourth-order valence-corrected chi connectivity index (χ4v) is 4.73. The second-order valence-corrected chi connectivity index (χ2v) is 8.88. The van der Waals surface area contributed by atoms with Crippen LogP contribution in [0.25, 0.3) is 0 Å². The van der Waals surface area contributed by atoms with Crippen LogP contribution in [0.3, 0.4) is 0 Å². The zero-order valence-corrected chi connectivity index (χ0v) is 17.0. The third-order valence-electron chi connectivity index (χ3n) is 4.99. The van der Waals surface area contributed by atoms with Crippen molar-refractivity contribution in [2.75, 3.05) is 11.9 Å². The lowest BCUT2D eigenvalue weighted by Crippen LogP contribution is -2.26. The number of hydrogen-bond acceptors (Lipinski definition) is 6. The van der Waals surface area contributed by atoms with Gasteiger partial charge < -0.3 is 10.1 Å². The van der Waals surface area contributed by atoms with Crippen LogP contribution in [0.15, 0.2) is 18.6 Å². The topological polar surface area (TPSA) is 81.2 Å². The lowest BCUT2D eigenvalue weighted by molar-refractivity contribution is 0.0526. The Labute approximate surface area is 163 Å². The molecule has 1 atom stereocenters. The van der Waals surface area contributed by atoms with E-state index in [1.807, 2.05) is 0 Å². The van der Waals surface area contributed by atoms with Crippen molar-refractivity contribution < 1.29 is 14.3 Å². The maximum absolute atomic E-state index is 12.6. The largest absolute Gasteiger partial charge is 0.462 e. The average Bonchev–Trinajstić information content (AvgIpc) is 2.99. The van der Waals surface area contributed by atoms with Gasteiger partial charge in [-0.15, -0.1) is 11.3 Å². The van der Waals surface area contributed by atoms with Gasteiger partial charge in [0.1, 0.15) is 10.7 Å². The van der Waals surface area contributed by atoms with Crippen molar-refractivity contribution in [3.05, 3.63) is 40.3 Å².